The van der Waals surface area contributed by atoms with E-state index in [1.807, 2.05) is 4.90 Å². The van der Waals surface area contributed by atoms with Crippen LogP contribution in [0, 0.1) is 5.82 Å². The van der Waals surface area contributed by atoms with Crippen LogP contribution in [0.5, 0.6) is 0 Å². The van der Waals surface area contributed by atoms with Gasteiger partial charge in [-0.3, -0.25) is 19.3 Å². The molecule has 1 fully saturated rings. The number of carbonyl (C=O) groups is 3. The number of carbonyl (C=O) groups excluding carboxylic acids is 3. The van der Waals surface area contributed by atoms with Gasteiger partial charge >= 0.3 is 0 Å². The molecule has 1 saturated heterocycles. The van der Waals surface area contributed by atoms with Gasteiger partial charge in [-0.2, -0.15) is 0 Å². The van der Waals surface area contributed by atoms with Crippen molar-refractivity contribution in [2.45, 2.75) is 32.4 Å². The molecule has 8 heteroatoms. The van der Waals surface area contributed by atoms with Crippen LogP contribution in [0.25, 0.3) is 10.9 Å². The molecule has 2 aliphatic rings. The van der Waals surface area contributed by atoms with Gasteiger partial charge in [-0.15, -0.1) is 0 Å². The zero-order chi connectivity index (χ0) is 21.7. The van der Waals surface area contributed by atoms with Gasteiger partial charge in [0.1, 0.15) is 5.82 Å². The quantitative estimate of drug-likeness (QED) is 0.638. The maximum absolute atomic E-state index is 13.7. The number of hydrogen-bond acceptors (Lipinski definition) is 4. The van der Waals surface area contributed by atoms with Crippen LogP contribution in [-0.4, -0.2) is 40.2 Å². The Morgan fingerprint density at radius 1 is 1.16 bits per heavy atom. The third-order valence-corrected chi connectivity index (χ3v) is 5.98. The first-order chi connectivity index (χ1) is 14.9. The fourth-order valence-electron chi connectivity index (χ4n) is 4.57. The molecule has 0 bridgehead atoms. The molecule has 3 heterocycles. The molecule has 3 aromatic rings. The monoisotopic (exact) mass is 420 g/mol. The van der Waals surface area contributed by atoms with Crippen LogP contribution in [0.2, 0.25) is 0 Å². The number of nitrogens with zero attached hydrogens (tertiary/aromatic N) is 2. The minimum atomic E-state index is -0.529. The summed E-state index contributed by atoms with van der Waals surface area (Å²) in [4.78, 5) is 43.6. The van der Waals surface area contributed by atoms with Crippen LogP contribution in [0.3, 0.4) is 0 Å². The molecule has 0 radical (unpaired) electrons. The molecule has 0 spiro atoms. The van der Waals surface area contributed by atoms with E-state index in [-0.39, 0.29) is 30.0 Å². The summed E-state index contributed by atoms with van der Waals surface area (Å²) in [5.74, 6) is -0.951. The summed E-state index contributed by atoms with van der Waals surface area (Å²) in [6, 6.07) is 10.8. The lowest BCUT2D eigenvalue weighted by Gasteiger charge is -2.30. The van der Waals surface area contributed by atoms with E-state index in [0.717, 1.165) is 22.2 Å². The smallest absolute Gasteiger partial charge is 0.251 e. The molecular formula is C23H21FN4O3. The first kappa shape index (κ1) is 19.4. The molecule has 0 saturated carbocycles. The van der Waals surface area contributed by atoms with Crippen molar-refractivity contribution in [3.63, 3.8) is 0 Å². The van der Waals surface area contributed by atoms with E-state index in [1.54, 1.807) is 30.3 Å². The van der Waals surface area contributed by atoms with Crippen LogP contribution < -0.4 is 10.2 Å². The Hall–Kier alpha value is -3.52. The van der Waals surface area contributed by atoms with Crippen molar-refractivity contribution in [1.29, 1.82) is 0 Å². The zero-order valence-electron chi connectivity index (χ0n) is 16.9. The molecule has 3 amide bonds. The molecule has 0 unspecified atom stereocenters. The van der Waals surface area contributed by atoms with E-state index in [9.17, 15) is 18.8 Å². The number of anilines is 2. The lowest BCUT2D eigenvalue weighted by atomic mass is 10.0. The highest BCUT2D eigenvalue weighted by Gasteiger charge is 2.43. The second kappa shape index (κ2) is 7.31. The molecule has 0 aliphatic carbocycles. The molecule has 2 aliphatic heterocycles. The Labute approximate surface area is 177 Å². The van der Waals surface area contributed by atoms with E-state index >= 15 is 0 Å². The topological polar surface area (TPSA) is 85.5 Å². The predicted octanol–water partition coefficient (Wildman–Crippen LogP) is 2.96. The Morgan fingerprint density at radius 3 is 2.68 bits per heavy atom. The van der Waals surface area contributed by atoms with Crippen LogP contribution in [0.4, 0.5) is 15.8 Å². The Kier molecular flexibility index (Phi) is 4.59. The third-order valence-electron chi connectivity index (χ3n) is 5.98. The number of nitrogens with one attached hydrogen (secondary N) is 2. The standard InChI is InChI=1S/C23H21FN4O3/c1-13(29)25-15-3-5-16(6-4-15)28-22(30)11-21(23(28)31)27-9-8-17-18-10-14(24)2-7-19(18)26-20(17)12-27/h2-7,10,21,26H,8-9,11-12H2,1H3,(H,25,29)/t21-/m0/s1. The van der Waals surface area contributed by atoms with Gasteiger partial charge < -0.3 is 10.3 Å². The number of aromatic nitrogens is 1. The number of benzene rings is 2. The first-order valence-electron chi connectivity index (χ1n) is 10.2. The van der Waals surface area contributed by atoms with Gasteiger partial charge in [0.25, 0.3) is 5.91 Å². The maximum atomic E-state index is 13.7. The lowest BCUT2D eigenvalue weighted by Crippen LogP contribution is -2.44. The van der Waals surface area contributed by atoms with Gasteiger partial charge in [0.2, 0.25) is 11.8 Å². The summed E-state index contributed by atoms with van der Waals surface area (Å²) < 4.78 is 13.7. The van der Waals surface area contributed by atoms with Gasteiger partial charge in [-0.05, 0) is 54.4 Å². The van der Waals surface area contributed by atoms with Crippen molar-refractivity contribution >= 4 is 40.0 Å². The Morgan fingerprint density at radius 2 is 1.94 bits per heavy atom. The van der Waals surface area contributed by atoms with E-state index in [0.29, 0.717) is 30.9 Å². The largest absolute Gasteiger partial charge is 0.357 e. The van der Waals surface area contributed by atoms with E-state index < -0.39 is 6.04 Å². The molecule has 158 valence electrons. The van der Waals surface area contributed by atoms with Gasteiger partial charge in [0.05, 0.1) is 18.2 Å². The second-order valence-electron chi connectivity index (χ2n) is 8.01. The van der Waals surface area contributed by atoms with Crippen molar-refractivity contribution in [2.75, 3.05) is 16.8 Å². The lowest BCUT2D eigenvalue weighted by molar-refractivity contribution is -0.123. The molecule has 1 aromatic heterocycles. The highest BCUT2D eigenvalue weighted by Crippen LogP contribution is 2.32. The number of amides is 3. The number of imide groups is 1. The summed E-state index contributed by atoms with van der Waals surface area (Å²) in [5, 5.41) is 3.55. The fraction of sp³-hybridized carbons (Fsp3) is 0.261. The summed E-state index contributed by atoms with van der Waals surface area (Å²) in [6.07, 6.45) is 0.804. The summed E-state index contributed by atoms with van der Waals surface area (Å²) in [6.45, 7) is 2.54. The number of rotatable bonds is 3. The molecule has 2 aromatic carbocycles. The maximum Gasteiger partial charge on any atom is 0.251 e. The number of H-pyrrole nitrogens is 1. The molecule has 1 atom stereocenters. The van der Waals surface area contributed by atoms with Gasteiger partial charge in [-0.25, -0.2) is 9.29 Å². The van der Waals surface area contributed by atoms with Crippen molar-refractivity contribution in [2.24, 2.45) is 0 Å². The van der Waals surface area contributed by atoms with Crippen LogP contribution >= 0.6 is 0 Å². The molecule has 2 N–H and O–H groups in total. The average molecular weight is 420 g/mol. The van der Waals surface area contributed by atoms with E-state index in [2.05, 4.69) is 10.3 Å². The number of halogens is 1. The highest BCUT2D eigenvalue weighted by atomic mass is 19.1. The van der Waals surface area contributed by atoms with Crippen molar-refractivity contribution < 1.29 is 18.8 Å². The normalized spacial score (nSPS) is 19.2. The van der Waals surface area contributed by atoms with Crippen LogP contribution in [-0.2, 0) is 27.3 Å². The molecule has 7 nitrogen and oxygen atoms in total. The van der Waals surface area contributed by atoms with Crippen LogP contribution in [0.15, 0.2) is 42.5 Å². The highest BCUT2D eigenvalue weighted by molar-refractivity contribution is 6.22. The van der Waals surface area contributed by atoms with Gasteiger partial charge in [0.15, 0.2) is 0 Å². The van der Waals surface area contributed by atoms with E-state index in [4.69, 9.17) is 0 Å². The minimum Gasteiger partial charge on any atom is -0.357 e. The van der Waals surface area contributed by atoms with Crippen molar-refractivity contribution in [3.8, 4) is 0 Å². The summed E-state index contributed by atoms with van der Waals surface area (Å²) in [7, 11) is 0. The Bertz CT molecular complexity index is 1220. The molecule has 31 heavy (non-hydrogen) atoms. The predicted molar refractivity (Wildman–Crippen MR) is 114 cm³/mol. The average Bonchev–Trinajstić information content (AvgIpc) is 3.24. The number of fused-ring (bicyclic) bond motifs is 3. The van der Waals surface area contributed by atoms with Crippen molar-refractivity contribution in [1.82, 2.24) is 9.88 Å². The first-order valence-corrected chi connectivity index (χ1v) is 10.2. The van der Waals surface area contributed by atoms with Crippen LogP contribution in [0.1, 0.15) is 24.6 Å². The number of hydrogen-bond donors (Lipinski definition) is 2. The number of aromatic amines is 1. The summed E-state index contributed by atoms with van der Waals surface area (Å²) in [5.41, 5.74) is 4.01. The second-order valence-corrected chi connectivity index (χ2v) is 8.01. The van der Waals surface area contributed by atoms with Gasteiger partial charge in [0, 0.05) is 42.3 Å². The Balaban J connectivity index is 1.36. The fourth-order valence-corrected chi connectivity index (χ4v) is 4.57. The summed E-state index contributed by atoms with van der Waals surface area (Å²) >= 11 is 0. The van der Waals surface area contributed by atoms with E-state index in [1.165, 1.54) is 24.0 Å². The third kappa shape index (κ3) is 3.38. The SMILES string of the molecule is CC(=O)Nc1ccc(N2C(=O)C[C@H](N3CCc4c([nH]c5ccc(F)cc45)C3)C2=O)cc1. The van der Waals surface area contributed by atoms with Gasteiger partial charge in [-0.1, -0.05) is 0 Å². The minimum absolute atomic E-state index is 0.121. The molecule has 5 rings (SSSR count). The molecular weight excluding hydrogens is 399 g/mol. The van der Waals surface area contributed by atoms with Crippen molar-refractivity contribution in [3.05, 3.63) is 59.5 Å². The zero-order valence-corrected chi connectivity index (χ0v) is 16.9.